The number of amides is 1. The average molecular weight is 327 g/mol. The molecule has 0 fully saturated rings. The highest BCUT2D eigenvalue weighted by Crippen LogP contribution is 2.24. The molecule has 0 bridgehead atoms. The maximum Gasteiger partial charge on any atom is 0.227 e. The van der Waals surface area contributed by atoms with Crippen LogP contribution in [0.5, 0.6) is 0 Å². The lowest BCUT2D eigenvalue weighted by atomic mass is 10.1. The lowest BCUT2D eigenvalue weighted by molar-refractivity contribution is -0.129. The Balaban J connectivity index is 1.73. The Morgan fingerprint density at radius 1 is 1.30 bits per heavy atom. The lowest BCUT2D eigenvalue weighted by Gasteiger charge is -2.16. The van der Waals surface area contributed by atoms with Crippen molar-refractivity contribution in [2.24, 2.45) is 0 Å². The fourth-order valence-corrected chi connectivity index (χ4v) is 3.61. The van der Waals surface area contributed by atoms with Crippen molar-refractivity contribution in [1.29, 1.82) is 0 Å². The van der Waals surface area contributed by atoms with E-state index in [1.54, 1.807) is 22.5 Å². The Hall–Kier alpha value is -2.07. The molecule has 2 heterocycles. The maximum atomic E-state index is 12.5. The summed E-state index contributed by atoms with van der Waals surface area (Å²) in [6.07, 6.45) is 3.07. The second-order valence-corrected chi connectivity index (χ2v) is 6.90. The van der Waals surface area contributed by atoms with E-state index in [4.69, 9.17) is 4.42 Å². The topological polar surface area (TPSA) is 33.5 Å². The summed E-state index contributed by atoms with van der Waals surface area (Å²) >= 11 is 1.70. The molecule has 0 spiro atoms. The molecule has 0 N–H and O–H groups in total. The first-order valence-electron chi connectivity index (χ1n) is 7.84. The quantitative estimate of drug-likeness (QED) is 0.688. The number of furan rings is 1. The minimum atomic E-state index is 0.111. The Kier molecular flexibility index (Phi) is 4.53. The maximum absolute atomic E-state index is 12.5. The molecule has 0 atom stereocenters. The van der Waals surface area contributed by atoms with Crippen molar-refractivity contribution < 1.29 is 9.21 Å². The van der Waals surface area contributed by atoms with Gasteiger partial charge in [0.15, 0.2) is 0 Å². The molecular formula is C19H21NO2S. The number of hydrogen-bond donors (Lipinski definition) is 0. The third-order valence-corrected chi connectivity index (χ3v) is 5.25. The second kappa shape index (κ2) is 6.59. The summed E-state index contributed by atoms with van der Waals surface area (Å²) in [5.41, 5.74) is 4.32. The minimum Gasteiger partial charge on any atom is -0.464 e. The molecular weight excluding hydrogens is 306 g/mol. The summed E-state index contributed by atoms with van der Waals surface area (Å²) in [7, 11) is 1.86. The molecule has 0 saturated heterocycles. The molecule has 3 rings (SSSR count). The second-order valence-electron chi connectivity index (χ2n) is 5.90. The van der Waals surface area contributed by atoms with E-state index in [-0.39, 0.29) is 5.91 Å². The number of fused-ring (bicyclic) bond motifs is 1. The normalized spacial score (nSPS) is 11.1. The van der Waals surface area contributed by atoms with Crippen LogP contribution in [0.25, 0.3) is 11.0 Å². The Labute approximate surface area is 140 Å². The molecule has 1 amide bonds. The van der Waals surface area contributed by atoms with Gasteiger partial charge >= 0.3 is 0 Å². The molecule has 0 aliphatic heterocycles. The highest BCUT2D eigenvalue weighted by atomic mass is 32.1. The summed E-state index contributed by atoms with van der Waals surface area (Å²) in [6.45, 7) is 4.87. The van der Waals surface area contributed by atoms with E-state index in [9.17, 15) is 4.79 Å². The van der Waals surface area contributed by atoms with E-state index in [2.05, 4.69) is 43.5 Å². The number of carbonyl (C=O) groups excluding carboxylic acids is 1. The van der Waals surface area contributed by atoms with Gasteiger partial charge in [-0.1, -0.05) is 19.1 Å². The smallest absolute Gasteiger partial charge is 0.227 e. The van der Waals surface area contributed by atoms with Crippen LogP contribution in [-0.2, 0) is 24.2 Å². The zero-order chi connectivity index (χ0) is 16.4. The van der Waals surface area contributed by atoms with Gasteiger partial charge in [-0.25, -0.2) is 0 Å². The van der Waals surface area contributed by atoms with E-state index in [0.717, 1.165) is 23.0 Å². The van der Waals surface area contributed by atoms with Gasteiger partial charge in [-0.3, -0.25) is 4.79 Å². The van der Waals surface area contributed by atoms with Crippen molar-refractivity contribution in [3.05, 3.63) is 57.5 Å². The average Bonchev–Trinajstić information content (AvgIpc) is 3.13. The van der Waals surface area contributed by atoms with Crippen molar-refractivity contribution >= 4 is 28.2 Å². The van der Waals surface area contributed by atoms with Crippen molar-refractivity contribution in [2.75, 3.05) is 7.05 Å². The molecule has 2 aromatic heterocycles. The van der Waals surface area contributed by atoms with Gasteiger partial charge in [0, 0.05) is 22.9 Å². The van der Waals surface area contributed by atoms with Crippen LogP contribution >= 0.6 is 11.3 Å². The number of carbonyl (C=O) groups is 1. The number of aryl methyl sites for hydroxylation is 2. The summed E-state index contributed by atoms with van der Waals surface area (Å²) in [4.78, 5) is 15.5. The molecule has 23 heavy (non-hydrogen) atoms. The number of thiophene rings is 1. The SMILES string of the molecule is CCc1ccc2c(CC(=O)N(C)Cc3sccc3C)coc2c1. The Morgan fingerprint density at radius 2 is 2.13 bits per heavy atom. The first-order chi connectivity index (χ1) is 11.1. The van der Waals surface area contributed by atoms with Gasteiger partial charge in [0.05, 0.1) is 19.2 Å². The van der Waals surface area contributed by atoms with E-state index < -0.39 is 0 Å². The predicted molar refractivity (Wildman–Crippen MR) is 94.8 cm³/mol. The number of nitrogens with zero attached hydrogens (tertiary/aromatic N) is 1. The van der Waals surface area contributed by atoms with E-state index in [1.807, 2.05) is 7.05 Å². The Bertz CT molecular complexity index is 831. The summed E-state index contributed by atoms with van der Waals surface area (Å²) < 4.78 is 5.63. The third kappa shape index (κ3) is 3.32. The van der Waals surface area contributed by atoms with E-state index in [1.165, 1.54) is 16.0 Å². The monoisotopic (exact) mass is 327 g/mol. The molecule has 0 aliphatic carbocycles. The molecule has 0 aliphatic rings. The van der Waals surface area contributed by atoms with Crippen LogP contribution in [0, 0.1) is 6.92 Å². The van der Waals surface area contributed by atoms with Crippen LogP contribution < -0.4 is 0 Å². The van der Waals surface area contributed by atoms with Crippen LogP contribution in [0.4, 0.5) is 0 Å². The highest BCUT2D eigenvalue weighted by Gasteiger charge is 2.15. The van der Waals surface area contributed by atoms with Crippen LogP contribution in [-0.4, -0.2) is 17.9 Å². The van der Waals surface area contributed by atoms with Crippen LogP contribution in [0.15, 0.2) is 40.3 Å². The first-order valence-corrected chi connectivity index (χ1v) is 8.72. The van der Waals surface area contributed by atoms with Gasteiger partial charge in [0.25, 0.3) is 0 Å². The predicted octanol–water partition coefficient (Wildman–Crippen LogP) is 4.57. The molecule has 4 heteroatoms. The highest BCUT2D eigenvalue weighted by molar-refractivity contribution is 7.10. The van der Waals surface area contributed by atoms with Crippen LogP contribution in [0.3, 0.4) is 0 Å². The van der Waals surface area contributed by atoms with Gasteiger partial charge in [-0.2, -0.15) is 0 Å². The number of likely N-dealkylation sites (N-methyl/N-ethyl adjacent to an activating group) is 1. The van der Waals surface area contributed by atoms with Crippen LogP contribution in [0.1, 0.15) is 28.5 Å². The lowest BCUT2D eigenvalue weighted by Crippen LogP contribution is -2.27. The number of benzene rings is 1. The summed E-state index contributed by atoms with van der Waals surface area (Å²) in [6, 6.07) is 8.31. The van der Waals surface area contributed by atoms with Crippen molar-refractivity contribution in [1.82, 2.24) is 4.90 Å². The fraction of sp³-hybridized carbons (Fsp3) is 0.316. The van der Waals surface area contributed by atoms with Crippen molar-refractivity contribution in [3.63, 3.8) is 0 Å². The molecule has 0 saturated carbocycles. The standard InChI is InChI=1S/C19H21NO2S/c1-4-14-5-6-16-15(12-22-17(16)9-14)10-19(21)20(3)11-18-13(2)7-8-23-18/h5-9,12H,4,10-11H2,1-3H3. The van der Waals surface area contributed by atoms with E-state index >= 15 is 0 Å². The van der Waals surface area contributed by atoms with Gasteiger partial charge in [-0.15, -0.1) is 11.3 Å². The molecule has 3 aromatic rings. The number of rotatable bonds is 5. The molecule has 1 aromatic carbocycles. The van der Waals surface area contributed by atoms with E-state index in [0.29, 0.717) is 13.0 Å². The van der Waals surface area contributed by atoms with Crippen molar-refractivity contribution in [2.45, 2.75) is 33.2 Å². The first kappa shape index (κ1) is 15.8. The molecule has 0 radical (unpaired) electrons. The molecule has 3 nitrogen and oxygen atoms in total. The summed E-state index contributed by atoms with van der Waals surface area (Å²) in [5.74, 6) is 0.111. The zero-order valence-corrected chi connectivity index (χ0v) is 14.6. The number of hydrogen-bond acceptors (Lipinski definition) is 3. The zero-order valence-electron chi connectivity index (χ0n) is 13.8. The third-order valence-electron chi connectivity index (χ3n) is 4.24. The minimum absolute atomic E-state index is 0.111. The fourth-order valence-electron chi connectivity index (χ4n) is 2.65. The van der Waals surface area contributed by atoms with Crippen LogP contribution in [0.2, 0.25) is 0 Å². The molecule has 0 unspecified atom stereocenters. The van der Waals surface area contributed by atoms with Gasteiger partial charge < -0.3 is 9.32 Å². The van der Waals surface area contributed by atoms with Gasteiger partial charge in [0.2, 0.25) is 5.91 Å². The van der Waals surface area contributed by atoms with Crippen molar-refractivity contribution in [3.8, 4) is 0 Å². The molecule has 120 valence electrons. The van der Waals surface area contributed by atoms with Gasteiger partial charge in [-0.05, 0) is 42.0 Å². The van der Waals surface area contributed by atoms with Gasteiger partial charge in [0.1, 0.15) is 5.58 Å². The summed E-state index contributed by atoms with van der Waals surface area (Å²) in [5, 5.41) is 3.11. The Morgan fingerprint density at radius 3 is 2.83 bits per heavy atom. The largest absolute Gasteiger partial charge is 0.464 e.